The molecule has 0 aliphatic rings. The molecule has 0 heterocycles. The summed E-state index contributed by atoms with van der Waals surface area (Å²) in [6, 6.07) is 13.1. The molecule has 2 aromatic carbocycles. The molecule has 2 rings (SSSR count). The molecule has 0 amide bonds. The Morgan fingerprint density at radius 3 is 2.42 bits per heavy atom. The third kappa shape index (κ3) is 4.96. The zero-order chi connectivity index (χ0) is 17.4. The Balaban J connectivity index is 2.10. The maximum atomic E-state index is 12.3. The van der Waals surface area contributed by atoms with Gasteiger partial charge in [-0.05, 0) is 36.8 Å². The zero-order valence-electron chi connectivity index (χ0n) is 14.2. The van der Waals surface area contributed by atoms with Crippen LogP contribution < -0.4 is 9.47 Å². The van der Waals surface area contributed by atoms with Crippen molar-refractivity contribution in [1.29, 1.82) is 0 Å². The fourth-order valence-corrected chi connectivity index (χ4v) is 2.12. The van der Waals surface area contributed by atoms with E-state index in [-0.39, 0.29) is 5.78 Å². The van der Waals surface area contributed by atoms with Crippen molar-refractivity contribution in [3.8, 4) is 11.5 Å². The first kappa shape index (κ1) is 17.8. The molecule has 24 heavy (non-hydrogen) atoms. The fraction of sp³-hybridized carbons (Fsp3) is 0.250. The minimum absolute atomic E-state index is 0.0858. The Hall–Kier alpha value is -2.59. The van der Waals surface area contributed by atoms with Crippen LogP contribution in [0.5, 0.6) is 11.5 Å². The van der Waals surface area contributed by atoms with E-state index < -0.39 is 0 Å². The van der Waals surface area contributed by atoms with Gasteiger partial charge in [-0.1, -0.05) is 35.9 Å². The van der Waals surface area contributed by atoms with E-state index in [4.69, 9.17) is 14.2 Å². The maximum absolute atomic E-state index is 12.3. The number of hydrogen-bond acceptors (Lipinski definition) is 4. The molecule has 2 aromatic rings. The van der Waals surface area contributed by atoms with Crippen molar-refractivity contribution in [3.63, 3.8) is 0 Å². The van der Waals surface area contributed by atoms with Crippen LogP contribution in [0.4, 0.5) is 0 Å². The molecule has 4 nitrogen and oxygen atoms in total. The molecule has 0 fully saturated rings. The summed E-state index contributed by atoms with van der Waals surface area (Å²) in [6.45, 7) is 2.94. The Morgan fingerprint density at radius 1 is 1.00 bits per heavy atom. The Bertz CT molecular complexity index is 702. The summed E-state index contributed by atoms with van der Waals surface area (Å²) >= 11 is 0. The van der Waals surface area contributed by atoms with Crippen molar-refractivity contribution < 1.29 is 19.0 Å². The molecule has 0 aliphatic carbocycles. The van der Waals surface area contributed by atoms with Crippen LogP contribution in [0, 0.1) is 6.92 Å². The number of carbonyl (C=O) groups is 1. The van der Waals surface area contributed by atoms with Gasteiger partial charge in [0.25, 0.3) is 0 Å². The smallest absolute Gasteiger partial charge is 0.185 e. The van der Waals surface area contributed by atoms with E-state index in [0.29, 0.717) is 30.3 Å². The first-order valence-electron chi connectivity index (χ1n) is 7.73. The lowest BCUT2D eigenvalue weighted by atomic mass is 10.1. The number of hydrogen-bond donors (Lipinski definition) is 0. The largest absolute Gasteiger partial charge is 0.493 e. The van der Waals surface area contributed by atoms with Crippen LogP contribution in [0.25, 0.3) is 6.08 Å². The van der Waals surface area contributed by atoms with E-state index in [1.54, 1.807) is 44.6 Å². The molecule has 0 spiro atoms. The highest BCUT2D eigenvalue weighted by atomic mass is 16.5. The average molecular weight is 326 g/mol. The number of ether oxygens (including phenoxy) is 3. The standard InChI is InChI=1S/C20H22O4/c1-15-4-6-16(7-5-15)8-10-18(21)17-9-11-19(20(14-17)23-3)24-13-12-22-2/h4-11,14H,12-13H2,1-3H3. The highest BCUT2D eigenvalue weighted by Crippen LogP contribution is 2.28. The highest BCUT2D eigenvalue weighted by Gasteiger charge is 2.09. The summed E-state index contributed by atoms with van der Waals surface area (Å²) < 4.78 is 15.8. The highest BCUT2D eigenvalue weighted by molar-refractivity contribution is 6.07. The molecule has 0 atom stereocenters. The van der Waals surface area contributed by atoms with Gasteiger partial charge in [-0.15, -0.1) is 0 Å². The van der Waals surface area contributed by atoms with Gasteiger partial charge in [-0.25, -0.2) is 0 Å². The molecule has 0 aliphatic heterocycles. The average Bonchev–Trinajstić information content (AvgIpc) is 2.61. The van der Waals surface area contributed by atoms with Crippen LogP contribution in [0.2, 0.25) is 0 Å². The number of methoxy groups -OCH3 is 2. The first-order chi connectivity index (χ1) is 11.6. The van der Waals surface area contributed by atoms with Gasteiger partial charge in [0.05, 0.1) is 13.7 Å². The summed E-state index contributed by atoms with van der Waals surface area (Å²) in [4.78, 5) is 12.3. The van der Waals surface area contributed by atoms with Crippen LogP contribution in [-0.2, 0) is 4.74 Å². The van der Waals surface area contributed by atoms with Gasteiger partial charge in [0.2, 0.25) is 0 Å². The Kier molecular flexibility index (Phi) is 6.58. The quantitative estimate of drug-likeness (QED) is 0.419. The topological polar surface area (TPSA) is 44.8 Å². The van der Waals surface area contributed by atoms with E-state index in [0.717, 1.165) is 5.56 Å². The fourth-order valence-electron chi connectivity index (χ4n) is 2.12. The Morgan fingerprint density at radius 2 is 1.75 bits per heavy atom. The van der Waals surface area contributed by atoms with E-state index in [1.807, 2.05) is 31.2 Å². The summed E-state index contributed by atoms with van der Waals surface area (Å²) in [5.41, 5.74) is 2.72. The van der Waals surface area contributed by atoms with Crippen LogP contribution in [-0.4, -0.2) is 33.2 Å². The summed E-state index contributed by atoms with van der Waals surface area (Å²) in [7, 11) is 3.16. The van der Waals surface area contributed by atoms with Crippen molar-refractivity contribution in [2.24, 2.45) is 0 Å². The summed E-state index contributed by atoms with van der Waals surface area (Å²) in [5, 5.41) is 0. The number of ketones is 1. The van der Waals surface area contributed by atoms with Crippen molar-refractivity contribution in [2.45, 2.75) is 6.92 Å². The molecule has 126 valence electrons. The number of benzene rings is 2. The van der Waals surface area contributed by atoms with Crippen LogP contribution in [0.1, 0.15) is 21.5 Å². The normalized spacial score (nSPS) is 10.8. The number of rotatable bonds is 8. The lowest BCUT2D eigenvalue weighted by molar-refractivity contribution is 0.104. The van der Waals surface area contributed by atoms with E-state index in [9.17, 15) is 4.79 Å². The van der Waals surface area contributed by atoms with Gasteiger partial charge < -0.3 is 14.2 Å². The minimum Gasteiger partial charge on any atom is -0.493 e. The van der Waals surface area contributed by atoms with Crippen LogP contribution in [0.15, 0.2) is 48.5 Å². The van der Waals surface area contributed by atoms with Crippen LogP contribution in [0.3, 0.4) is 0 Å². The molecular weight excluding hydrogens is 304 g/mol. The number of carbonyl (C=O) groups excluding carboxylic acids is 1. The molecule has 0 unspecified atom stereocenters. The van der Waals surface area contributed by atoms with Gasteiger partial charge in [0.15, 0.2) is 17.3 Å². The number of aryl methyl sites for hydroxylation is 1. The predicted octanol–water partition coefficient (Wildman–Crippen LogP) is 3.92. The second-order valence-electron chi connectivity index (χ2n) is 5.32. The van der Waals surface area contributed by atoms with Crippen molar-refractivity contribution in [1.82, 2.24) is 0 Å². The monoisotopic (exact) mass is 326 g/mol. The van der Waals surface area contributed by atoms with Gasteiger partial charge in [-0.2, -0.15) is 0 Å². The molecular formula is C20H22O4. The minimum atomic E-state index is -0.0858. The molecule has 0 saturated carbocycles. The molecule has 0 radical (unpaired) electrons. The second kappa shape index (κ2) is 8.89. The molecule has 4 heteroatoms. The molecule has 0 aromatic heterocycles. The van der Waals surface area contributed by atoms with Gasteiger partial charge in [-0.3, -0.25) is 4.79 Å². The van der Waals surface area contributed by atoms with Gasteiger partial charge in [0.1, 0.15) is 6.61 Å². The third-order valence-electron chi connectivity index (χ3n) is 3.50. The van der Waals surface area contributed by atoms with Gasteiger partial charge >= 0.3 is 0 Å². The van der Waals surface area contributed by atoms with Crippen molar-refractivity contribution >= 4 is 11.9 Å². The third-order valence-corrected chi connectivity index (χ3v) is 3.50. The zero-order valence-corrected chi connectivity index (χ0v) is 14.2. The lowest BCUT2D eigenvalue weighted by Crippen LogP contribution is -2.06. The first-order valence-corrected chi connectivity index (χ1v) is 7.73. The van der Waals surface area contributed by atoms with Crippen molar-refractivity contribution in [3.05, 3.63) is 65.2 Å². The molecule has 0 bridgehead atoms. The van der Waals surface area contributed by atoms with Crippen LogP contribution >= 0.6 is 0 Å². The van der Waals surface area contributed by atoms with Crippen molar-refractivity contribution in [2.75, 3.05) is 27.4 Å². The number of allylic oxidation sites excluding steroid dienone is 1. The molecule has 0 N–H and O–H groups in total. The predicted molar refractivity (Wildman–Crippen MR) is 94.9 cm³/mol. The maximum Gasteiger partial charge on any atom is 0.185 e. The Labute approximate surface area is 142 Å². The second-order valence-corrected chi connectivity index (χ2v) is 5.32. The summed E-state index contributed by atoms with van der Waals surface area (Å²) in [6.07, 6.45) is 3.36. The SMILES string of the molecule is COCCOc1ccc(C(=O)C=Cc2ccc(C)cc2)cc1OC. The van der Waals surface area contributed by atoms with Gasteiger partial charge in [0, 0.05) is 12.7 Å². The molecule has 0 saturated heterocycles. The summed E-state index contributed by atoms with van der Waals surface area (Å²) in [5.74, 6) is 1.03. The van der Waals surface area contributed by atoms with E-state index in [2.05, 4.69) is 0 Å². The van der Waals surface area contributed by atoms with E-state index >= 15 is 0 Å². The lowest BCUT2D eigenvalue weighted by Gasteiger charge is -2.11. The van der Waals surface area contributed by atoms with E-state index in [1.165, 1.54) is 5.56 Å².